The van der Waals surface area contributed by atoms with E-state index in [1.54, 1.807) is 6.92 Å². The third-order valence-electron chi connectivity index (χ3n) is 1.38. The number of alkyl halides is 1. The second kappa shape index (κ2) is 3.46. The molecule has 0 radical (unpaired) electrons. The molecule has 0 aromatic heterocycles. The van der Waals surface area contributed by atoms with Gasteiger partial charge in [0.1, 0.15) is 6.17 Å². The van der Waals surface area contributed by atoms with Crippen molar-refractivity contribution in [2.45, 2.75) is 32.1 Å². The SMILES string of the molecule is CCC(C(C)F)P(=O)(O)O. The molecule has 0 heterocycles. The van der Waals surface area contributed by atoms with Gasteiger partial charge in [0.05, 0.1) is 5.66 Å². The van der Waals surface area contributed by atoms with Crippen molar-refractivity contribution in [3.63, 3.8) is 0 Å². The van der Waals surface area contributed by atoms with E-state index in [0.29, 0.717) is 0 Å². The first-order valence-corrected chi connectivity index (χ1v) is 4.77. The molecule has 0 spiro atoms. The molecule has 0 aliphatic rings. The van der Waals surface area contributed by atoms with Crippen LogP contribution >= 0.6 is 7.60 Å². The summed E-state index contributed by atoms with van der Waals surface area (Å²) in [5.41, 5.74) is -1.13. The van der Waals surface area contributed by atoms with Crippen molar-refractivity contribution in [2.75, 3.05) is 0 Å². The van der Waals surface area contributed by atoms with Gasteiger partial charge in [-0.3, -0.25) is 4.57 Å². The topological polar surface area (TPSA) is 57.5 Å². The van der Waals surface area contributed by atoms with Gasteiger partial charge in [0.15, 0.2) is 0 Å². The fourth-order valence-corrected chi connectivity index (χ4v) is 1.84. The van der Waals surface area contributed by atoms with E-state index >= 15 is 0 Å². The minimum atomic E-state index is -4.21. The van der Waals surface area contributed by atoms with Crippen LogP contribution in [0.25, 0.3) is 0 Å². The Morgan fingerprint density at radius 1 is 1.60 bits per heavy atom. The Kier molecular flexibility index (Phi) is 3.49. The molecule has 3 nitrogen and oxygen atoms in total. The Morgan fingerprint density at radius 3 is 2.00 bits per heavy atom. The van der Waals surface area contributed by atoms with E-state index in [9.17, 15) is 8.96 Å². The fraction of sp³-hybridized carbons (Fsp3) is 1.00. The number of hydrogen-bond acceptors (Lipinski definition) is 1. The molecule has 5 heteroatoms. The smallest absolute Gasteiger partial charge is 0.324 e. The molecule has 0 aliphatic heterocycles. The first-order valence-electron chi connectivity index (χ1n) is 3.09. The molecule has 2 atom stereocenters. The maximum absolute atomic E-state index is 12.4. The standard InChI is InChI=1S/C5H12FO3P/c1-3-5(4(2)6)10(7,8)9/h4-5H,3H2,1-2H3,(H2,7,8,9). The predicted octanol–water partition coefficient (Wildman–Crippen LogP) is 1.30. The highest BCUT2D eigenvalue weighted by atomic mass is 31.2. The molecule has 0 saturated heterocycles. The third-order valence-corrected chi connectivity index (χ3v) is 3.02. The second-order valence-corrected chi connectivity index (χ2v) is 4.08. The number of hydrogen-bond donors (Lipinski definition) is 2. The molecule has 0 amide bonds. The molecule has 0 aromatic rings. The van der Waals surface area contributed by atoms with Crippen LogP contribution in [-0.2, 0) is 4.57 Å². The molecule has 2 N–H and O–H groups in total. The Labute approximate surface area is 59.4 Å². The van der Waals surface area contributed by atoms with Crippen molar-refractivity contribution in [3.8, 4) is 0 Å². The Bertz CT molecular complexity index is 142. The zero-order valence-electron chi connectivity index (χ0n) is 5.99. The van der Waals surface area contributed by atoms with Gasteiger partial charge < -0.3 is 9.79 Å². The van der Waals surface area contributed by atoms with Crippen LogP contribution in [0.15, 0.2) is 0 Å². The van der Waals surface area contributed by atoms with E-state index in [2.05, 4.69) is 0 Å². The van der Waals surface area contributed by atoms with Crippen LogP contribution in [0.1, 0.15) is 20.3 Å². The van der Waals surface area contributed by atoms with Crippen LogP contribution in [0.2, 0.25) is 0 Å². The zero-order chi connectivity index (χ0) is 8.36. The highest BCUT2D eigenvalue weighted by molar-refractivity contribution is 7.52. The van der Waals surface area contributed by atoms with E-state index in [4.69, 9.17) is 9.79 Å². The zero-order valence-corrected chi connectivity index (χ0v) is 6.88. The van der Waals surface area contributed by atoms with Crippen molar-refractivity contribution < 1.29 is 18.7 Å². The summed E-state index contributed by atoms with van der Waals surface area (Å²) in [7, 11) is -4.21. The summed E-state index contributed by atoms with van der Waals surface area (Å²) >= 11 is 0. The summed E-state index contributed by atoms with van der Waals surface area (Å²) in [6.45, 7) is 2.72. The number of halogens is 1. The summed E-state index contributed by atoms with van der Waals surface area (Å²) in [6, 6.07) is 0. The van der Waals surface area contributed by atoms with Crippen molar-refractivity contribution in [2.24, 2.45) is 0 Å². The number of rotatable bonds is 3. The van der Waals surface area contributed by atoms with Crippen molar-refractivity contribution >= 4 is 7.60 Å². The molecular weight excluding hydrogens is 158 g/mol. The van der Waals surface area contributed by atoms with Crippen molar-refractivity contribution in [3.05, 3.63) is 0 Å². The van der Waals surface area contributed by atoms with E-state index in [1.807, 2.05) is 0 Å². The largest absolute Gasteiger partial charge is 0.331 e. The van der Waals surface area contributed by atoms with Crippen LogP contribution in [0.5, 0.6) is 0 Å². The Hall–Kier alpha value is 0.0800. The van der Waals surface area contributed by atoms with Crippen molar-refractivity contribution in [1.82, 2.24) is 0 Å². The molecule has 0 fully saturated rings. The maximum atomic E-state index is 12.4. The molecular formula is C5H12FO3P. The molecule has 2 unspecified atom stereocenters. The van der Waals surface area contributed by atoms with Gasteiger partial charge in [0.25, 0.3) is 0 Å². The van der Waals surface area contributed by atoms with E-state index in [0.717, 1.165) is 6.92 Å². The molecule has 0 aromatic carbocycles. The lowest BCUT2D eigenvalue weighted by molar-refractivity contribution is 0.288. The highest BCUT2D eigenvalue weighted by Gasteiger charge is 2.31. The molecule has 0 bridgehead atoms. The molecule has 0 aliphatic carbocycles. The summed E-state index contributed by atoms with van der Waals surface area (Å²) in [4.78, 5) is 17.0. The quantitative estimate of drug-likeness (QED) is 0.627. The molecule has 62 valence electrons. The Morgan fingerprint density at radius 2 is 2.00 bits per heavy atom. The first-order chi connectivity index (χ1) is 4.39. The Balaban J connectivity index is 4.22. The second-order valence-electron chi connectivity index (χ2n) is 2.24. The average molecular weight is 170 g/mol. The van der Waals surface area contributed by atoms with Gasteiger partial charge in [-0.15, -0.1) is 0 Å². The summed E-state index contributed by atoms with van der Waals surface area (Å²) in [5.74, 6) is 0. The average Bonchev–Trinajstić information content (AvgIpc) is 1.60. The van der Waals surface area contributed by atoms with Gasteiger partial charge in [-0.05, 0) is 13.3 Å². The van der Waals surface area contributed by atoms with Gasteiger partial charge in [-0.2, -0.15) is 0 Å². The van der Waals surface area contributed by atoms with Gasteiger partial charge in [0.2, 0.25) is 0 Å². The summed E-state index contributed by atoms with van der Waals surface area (Å²) in [5, 5.41) is 0. The van der Waals surface area contributed by atoms with Crippen LogP contribution < -0.4 is 0 Å². The lowest BCUT2D eigenvalue weighted by Crippen LogP contribution is -2.17. The lowest BCUT2D eigenvalue weighted by atomic mass is 10.2. The lowest BCUT2D eigenvalue weighted by Gasteiger charge is -2.16. The van der Waals surface area contributed by atoms with Crippen LogP contribution in [0, 0.1) is 0 Å². The summed E-state index contributed by atoms with van der Waals surface area (Å²) < 4.78 is 22.8. The maximum Gasteiger partial charge on any atom is 0.331 e. The van der Waals surface area contributed by atoms with E-state index in [-0.39, 0.29) is 6.42 Å². The van der Waals surface area contributed by atoms with E-state index in [1.165, 1.54) is 0 Å². The van der Waals surface area contributed by atoms with Gasteiger partial charge in [-0.25, -0.2) is 4.39 Å². The van der Waals surface area contributed by atoms with Gasteiger partial charge >= 0.3 is 7.60 Å². The molecule has 0 saturated carbocycles. The normalized spacial score (nSPS) is 18.5. The third kappa shape index (κ3) is 2.78. The first kappa shape index (κ1) is 10.1. The van der Waals surface area contributed by atoms with Crippen LogP contribution in [0.4, 0.5) is 4.39 Å². The van der Waals surface area contributed by atoms with Crippen LogP contribution in [-0.4, -0.2) is 21.6 Å². The van der Waals surface area contributed by atoms with Crippen LogP contribution in [0.3, 0.4) is 0 Å². The monoisotopic (exact) mass is 170 g/mol. The molecule has 10 heavy (non-hydrogen) atoms. The predicted molar refractivity (Wildman–Crippen MR) is 36.7 cm³/mol. The minimum Gasteiger partial charge on any atom is -0.324 e. The minimum absolute atomic E-state index is 0.169. The van der Waals surface area contributed by atoms with E-state index < -0.39 is 19.4 Å². The van der Waals surface area contributed by atoms with Gasteiger partial charge in [-0.1, -0.05) is 6.92 Å². The molecule has 0 rings (SSSR count). The van der Waals surface area contributed by atoms with Crippen molar-refractivity contribution in [1.29, 1.82) is 0 Å². The van der Waals surface area contributed by atoms with Gasteiger partial charge in [0, 0.05) is 0 Å². The summed E-state index contributed by atoms with van der Waals surface area (Å²) in [6.07, 6.45) is -1.27. The highest BCUT2D eigenvalue weighted by Crippen LogP contribution is 2.45. The fourth-order valence-electron chi connectivity index (χ4n) is 0.830.